The van der Waals surface area contributed by atoms with Gasteiger partial charge in [-0.1, -0.05) is 11.6 Å². The fourth-order valence-corrected chi connectivity index (χ4v) is 1.85. The van der Waals surface area contributed by atoms with Gasteiger partial charge in [0.15, 0.2) is 0 Å². The lowest BCUT2D eigenvalue weighted by Gasteiger charge is -2.12. The van der Waals surface area contributed by atoms with Gasteiger partial charge >= 0.3 is 6.18 Å². The molecule has 2 aromatic heterocycles. The van der Waals surface area contributed by atoms with Gasteiger partial charge in [0.25, 0.3) is 0 Å². The third-order valence-corrected chi connectivity index (χ3v) is 3.07. The molecular weight excluding hydrogens is 293 g/mol. The highest BCUT2D eigenvalue weighted by atomic mass is 35.5. The first-order valence-electron chi connectivity index (χ1n) is 5.67. The van der Waals surface area contributed by atoms with Crippen LogP contribution in [0.25, 0.3) is 0 Å². The van der Waals surface area contributed by atoms with Crippen molar-refractivity contribution in [2.45, 2.75) is 18.7 Å². The predicted octanol–water partition coefficient (Wildman–Crippen LogP) is 3.42. The van der Waals surface area contributed by atoms with Crippen LogP contribution in [0.15, 0.2) is 36.8 Å². The molecule has 0 radical (unpaired) electrons. The second-order valence-electron chi connectivity index (χ2n) is 4.16. The average molecular weight is 303 g/mol. The number of pyridine rings is 2. The van der Waals surface area contributed by atoms with E-state index in [2.05, 4.69) is 9.97 Å². The lowest BCUT2D eigenvalue weighted by molar-refractivity contribution is -0.137. The Morgan fingerprint density at radius 2 is 1.95 bits per heavy atom. The van der Waals surface area contributed by atoms with Crippen molar-refractivity contribution in [3.05, 3.63) is 58.6 Å². The summed E-state index contributed by atoms with van der Waals surface area (Å²) < 4.78 is 37.2. The summed E-state index contributed by atoms with van der Waals surface area (Å²) in [6, 6.07) is 3.68. The zero-order valence-electron chi connectivity index (χ0n) is 10.1. The van der Waals surface area contributed by atoms with Crippen molar-refractivity contribution in [2.24, 2.45) is 0 Å². The summed E-state index contributed by atoms with van der Waals surface area (Å²) >= 11 is 5.90. The smallest absolute Gasteiger partial charge is 0.386 e. The largest absolute Gasteiger partial charge is 0.417 e. The van der Waals surface area contributed by atoms with Crippen LogP contribution in [0.1, 0.15) is 22.9 Å². The van der Waals surface area contributed by atoms with Crippen LogP contribution in [0, 0.1) is 0 Å². The van der Waals surface area contributed by atoms with Crippen molar-refractivity contribution in [2.75, 3.05) is 0 Å². The molecule has 1 unspecified atom stereocenters. The Morgan fingerprint density at radius 3 is 2.50 bits per heavy atom. The molecular formula is C13H10ClF3N2O. The molecule has 0 spiro atoms. The second-order valence-corrected chi connectivity index (χ2v) is 4.56. The van der Waals surface area contributed by atoms with Crippen LogP contribution in [-0.4, -0.2) is 15.1 Å². The van der Waals surface area contributed by atoms with Crippen molar-refractivity contribution >= 4 is 11.6 Å². The summed E-state index contributed by atoms with van der Waals surface area (Å²) in [7, 11) is 0. The molecule has 0 fully saturated rings. The van der Waals surface area contributed by atoms with Crippen LogP contribution in [0.3, 0.4) is 0 Å². The molecule has 0 aliphatic carbocycles. The molecule has 3 nitrogen and oxygen atoms in total. The molecule has 0 amide bonds. The third-order valence-electron chi connectivity index (χ3n) is 2.72. The van der Waals surface area contributed by atoms with Crippen molar-refractivity contribution < 1.29 is 18.3 Å². The molecule has 1 atom stereocenters. The minimum absolute atomic E-state index is 0.152. The van der Waals surface area contributed by atoms with E-state index in [0.717, 1.165) is 12.1 Å². The molecule has 0 bridgehead atoms. The Bertz CT molecular complexity index is 587. The van der Waals surface area contributed by atoms with Gasteiger partial charge < -0.3 is 5.11 Å². The first-order chi connectivity index (χ1) is 9.38. The quantitative estimate of drug-likeness (QED) is 0.945. The highest BCUT2D eigenvalue weighted by Gasteiger charge is 2.30. The summed E-state index contributed by atoms with van der Waals surface area (Å²) in [6.07, 6.45) is -1.66. The predicted molar refractivity (Wildman–Crippen MR) is 67.1 cm³/mol. The highest BCUT2D eigenvalue weighted by Crippen LogP contribution is 2.29. The van der Waals surface area contributed by atoms with E-state index in [1.807, 2.05) is 0 Å². The average Bonchev–Trinajstić information content (AvgIpc) is 2.40. The number of hydrogen-bond acceptors (Lipinski definition) is 3. The van der Waals surface area contributed by atoms with E-state index < -0.39 is 17.8 Å². The van der Waals surface area contributed by atoms with Gasteiger partial charge in [-0.05, 0) is 23.8 Å². The molecule has 0 aromatic carbocycles. The number of aliphatic hydroxyl groups is 1. The number of halogens is 4. The number of alkyl halides is 3. The molecule has 1 N–H and O–H groups in total. The van der Waals surface area contributed by atoms with Gasteiger partial charge in [-0.15, -0.1) is 0 Å². The standard InChI is InChI=1S/C13H10ClF3N2O/c14-10-7-18-4-3-8(10)5-12(20)11-2-1-9(6-19-11)13(15,16)17/h1-4,6-7,12,20H,5H2. The SMILES string of the molecule is OC(Cc1ccncc1Cl)c1ccc(C(F)(F)F)cn1. The normalized spacial score (nSPS) is 13.2. The molecule has 0 saturated carbocycles. The summed E-state index contributed by atoms with van der Waals surface area (Å²) in [5, 5.41) is 10.4. The fraction of sp³-hybridized carbons (Fsp3) is 0.231. The number of nitrogens with zero attached hydrogens (tertiary/aromatic N) is 2. The first kappa shape index (κ1) is 14.7. The van der Waals surface area contributed by atoms with E-state index in [1.54, 1.807) is 6.07 Å². The van der Waals surface area contributed by atoms with Crippen molar-refractivity contribution in [3.8, 4) is 0 Å². The van der Waals surface area contributed by atoms with Crippen molar-refractivity contribution in [3.63, 3.8) is 0 Å². The molecule has 20 heavy (non-hydrogen) atoms. The maximum Gasteiger partial charge on any atom is 0.417 e. The van der Waals surface area contributed by atoms with Crippen LogP contribution in [0.2, 0.25) is 5.02 Å². The Balaban J connectivity index is 2.14. The van der Waals surface area contributed by atoms with E-state index in [0.29, 0.717) is 16.8 Å². The highest BCUT2D eigenvalue weighted by molar-refractivity contribution is 6.31. The Morgan fingerprint density at radius 1 is 1.20 bits per heavy atom. The molecule has 2 aromatic rings. The maximum atomic E-state index is 12.4. The van der Waals surface area contributed by atoms with Gasteiger partial charge in [0.1, 0.15) is 0 Å². The van der Waals surface area contributed by atoms with Crippen molar-refractivity contribution in [1.82, 2.24) is 9.97 Å². The van der Waals surface area contributed by atoms with Crippen molar-refractivity contribution in [1.29, 1.82) is 0 Å². The topological polar surface area (TPSA) is 46.0 Å². The van der Waals surface area contributed by atoms with Crippen LogP contribution < -0.4 is 0 Å². The molecule has 7 heteroatoms. The minimum atomic E-state index is -4.44. The molecule has 0 aliphatic heterocycles. The van der Waals surface area contributed by atoms with Crippen LogP contribution in [0.5, 0.6) is 0 Å². The van der Waals surface area contributed by atoms with Gasteiger partial charge in [0.05, 0.1) is 22.4 Å². The fourth-order valence-electron chi connectivity index (χ4n) is 1.65. The summed E-state index contributed by atoms with van der Waals surface area (Å²) in [6.45, 7) is 0. The third kappa shape index (κ3) is 3.46. The molecule has 0 aliphatic rings. The number of aliphatic hydroxyl groups excluding tert-OH is 1. The zero-order valence-corrected chi connectivity index (χ0v) is 10.9. The van der Waals surface area contributed by atoms with E-state index >= 15 is 0 Å². The zero-order chi connectivity index (χ0) is 14.8. The summed E-state index contributed by atoms with van der Waals surface area (Å²) in [5.41, 5.74) is -0.0443. The number of aromatic nitrogens is 2. The van der Waals surface area contributed by atoms with E-state index in [9.17, 15) is 18.3 Å². The van der Waals surface area contributed by atoms with E-state index in [4.69, 9.17) is 11.6 Å². The Labute approximate surface area is 118 Å². The van der Waals surface area contributed by atoms with Gasteiger partial charge in [-0.25, -0.2) is 0 Å². The molecule has 0 saturated heterocycles. The Hall–Kier alpha value is -1.66. The number of hydrogen-bond donors (Lipinski definition) is 1. The van der Waals surface area contributed by atoms with Gasteiger partial charge in [0.2, 0.25) is 0 Å². The molecule has 2 heterocycles. The Kier molecular flexibility index (Phi) is 4.25. The molecule has 2 rings (SSSR count). The second kappa shape index (κ2) is 5.76. The lowest BCUT2D eigenvalue weighted by Crippen LogP contribution is -2.09. The lowest BCUT2D eigenvalue weighted by atomic mass is 10.1. The van der Waals surface area contributed by atoms with E-state index in [1.165, 1.54) is 12.4 Å². The van der Waals surface area contributed by atoms with E-state index in [-0.39, 0.29) is 12.1 Å². The van der Waals surface area contributed by atoms with Gasteiger partial charge in [0, 0.05) is 25.0 Å². The van der Waals surface area contributed by atoms with Gasteiger partial charge in [-0.2, -0.15) is 13.2 Å². The van der Waals surface area contributed by atoms with Gasteiger partial charge in [-0.3, -0.25) is 9.97 Å². The minimum Gasteiger partial charge on any atom is -0.386 e. The summed E-state index contributed by atoms with van der Waals surface area (Å²) in [5.74, 6) is 0. The number of rotatable bonds is 3. The first-order valence-corrected chi connectivity index (χ1v) is 6.05. The molecule has 106 valence electrons. The monoisotopic (exact) mass is 302 g/mol. The maximum absolute atomic E-state index is 12.4. The summed E-state index contributed by atoms with van der Waals surface area (Å²) in [4.78, 5) is 7.45. The van der Waals surface area contributed by atoms with Crippen LogP contribution >= 0.6 is 11.6 Å². The van der Waals surface area contributed by atoms with Crippen LogP contribution in [0.4, 0.5) is 13.2 Å². The van der Waals surface area contributed by atoms with Crippen LogP contribution in [-0.2, 0) is 12.6 Å².